The molecule has 5 aromatic rings. The second-order valence-electron chi connectivity index (χ2n) is 7.96. The monoisotopic (exact) mass is 587 g/mol. The molecule has 0 saturated carbocycles. The Morgan fingerprint density at radius 1 is 0.935 bits per heavy atom. The zero-order valence-electron chi connectivity index (χ0n) is 17.3. The molecule has 31 heavy (non-hydrogen) atoms. The molecule has 157 valence electrons. The van der Waals surface area contributed by atoms with E-state index >= 15 is 0 Å². The van der Waals surface area contributed by atoms with Crippen molar-refractivity contribution in [2.24, 2.45) is 0 Å². The molecule has 0 aliphatic carbocycles. The molecule has 1 radical (unpaired) electrons. The topological polar surface area (TPSA) is 30.7 Å². The molecule has 0 bridgehead atoms. The number of nitrogens with zero attached hydrogens (tertiary/aromatic N) is 3. The molecule has 0 aliphatic heterocycles. The Hall–Kier alpha value is -2.88. The summed E-state index contributed by atoms with van der Waals surface area (Å²) in [5.74, 6) is 0. The second-order valence-corrected chi connectivity index (χ2v) is 7.96. The molecule has 5 rings (SSSR count). The largest absolute Gasteiger partial charge is 0.334 e. The molecule has 0 N–H and O–H groups in total. The van der Waals surface area contributed by atoms with E-state index < -0.39 is 12.1 Å². The average molecular weight is 587 g/mol. The van der Waals surface area contributed by atoms with Crippen LogP contribution >= 0.6 is 0 Å². The van der Waals surface area contributed by atoms with E-state index in [9.17, 15) is 4.39 Å². The summed E-state index contributed by atoms with van der Waals surface area (Å²) in [6.45, 7) is 3.57. The third-order valence-corrected chi connectivity index (χ3v) is 5.73. The van der Waals surface area contributed by atoms with Gasteiger partial charge in [0.15, 0.2) is 0 Å². The van der Waals surface area contributed by atoms with Crippen molar-refractivity contribution in [3.8, 4) is 5.69 Å². The molecule has 0 spiro atoms. The molecule has 2 aromatic heterocycles. The summed E-state index contributed by atoms with van der Waals surface area (Å²) < 4.78 is 15.5. The van der Waals surface area contributed by atoms with Gasteiger partial charge in [-0.05, 0) is 23.6 Å². The smallest absolute Gasteiger partial charge is 0.133 e. The van der Waals surface area contributed by atoms with Crippen LogP contribution in [-0.2, 0) is 32.2 Å². The van der Waals surface area contributed by atoms with E-state index in [4.69, 9.17) is 0 Å². The molecule has 0 saturated heterocycles. The van der Waals surface area contributed by atoms with Crippen molar-refractivity contribution in [2.75, 3.05) is 0 Å². The van der Waals surface area contributed by atoms with E-state index in [2.05, 4.69) is 76.9 Å². The van der Waals surface area contributed by atoms with Crippen molar-refractivity contribution in [3.05, 3.63) is 102 Å². The Kier molecular flexibility index (Phi) is 5.74. The van der Waals surface area contributed by atoms with E-state index in [1.165, 1.54) is 6.20 Å². The Labute approximate surface area is 194 Å². The number of alkyl halides is 1. The van der Waals surface area contributed by atoms with Gasteiger partial charge in [0.2, 0.25) is 0 Å². The Morgan fingerprint density at radius 3 is 2.45 bits per heavy atom. The van der Waals surface area contributed by atoms with E-state index in [0.717, 1.165) is 38.8 Å². The number of halogens is 1. The Balaban J connectivity index is 0.00000231. The molecule has 3 nitrogen and oxygen atoms in total. The van der Waals surface area contributed by atoms with Crippen LogP contribution in [-0.4, -0.2) is 14.5 Å². The molecular formula is C26H21FIrN3-. The molecule has 0 atom stereocenters. The first-order valence-electron chi connectivity index (χ1n) is 9.98. The molecular weight excluding hydrogens is 566 g/mol. The van der Waals surface area contributed by atoms with E-state index in [1.54, 1.807) is 6.20 Å². The van der Waals surface area contributed by atoms with Crippen LogP contribution in [0.4, 0.5) is 4.39 Å². The number of para-hydroxylation sites is 2. The van der Waals surface area contributed by atoms with Gasteiger partial charge in [0.25, 0.3) is 0 Å². The predicted molar refractivity (Wildman–Crippen MR) is 119 cm³/mol. The van der Waals surface area contributed by atoms with Gasteiger partial charge in [-0.2, -0.15) is 12.1 Å². The summed E-state index contributed by atoms with van der Waals surface area (Å²) in [5.41, 5.74) is 4.97. The summed E-state index contributed by atoms with van der Waals surface area (Å²) >= 11 is 0. The van der Waals surface area contributed by atoms with E-state index in [0.29, 0.717) is 5.69 Å². The summed E-state index contributed by atoms with van der Waals surface area (Å²) in [4.78, 5) is 8.75. The number of rotatable bonds is 4. The van der Waals surface area contributed by atoms with Crippen LogP contribution in [0.5, 0.6) is 0 Å². The number of hydrogen-bond acceptors (Lipinski definition) is 2. The molecule has 0 aliphatic rings. The summed E-state index contributed by atoms with van der Waals surface area (Å²) in [6.07, 6.45) is 3.20. The number of fused-ring (bicyclic) bond motifs is 3. The van der Waals surface area contributed by atoms with Crippen molar-refractivity contribution < 1.29 is 24.5 Å². The van der Waals surface area contributed by atoms with Crippen molar-refractivity contribution in [3.63, 3.8) is 0 Å². The van der Waals surface area contributed by atoms with Gasteiger partial charge in [-0.25, -0.2) is 4.39 Å². The predicted octanol–water partition coefficient (Wildman–Crippen LogP) is 6.17. The van der Waals surface area contributed by atoms with Gasteiger partial charge in [-0.1, -0.05) is 61.1 Å². The average Bonchev–Trinajstić information content (AvgIpc) is 3.14. The van der Waals surface area contributed by atoms with Crippen LogP contribution in [0.25, 0.3) is 27.5 Å². The third kappa shape index (κ3) is 3.48. The van der Waals surface area contributed by atoms with Crippen LogP contribution in [0.15, 0.2) is 79.1 Å². The van der Waals surface area contributed by atoms with Gasteiger partial charge in [-0.15, -0.1) is 11.6 Å². The van der Waals surface area contributed by atoms with Crippen molar-refractivity contribution in [1.82, 2.24) is 14.5 Å². The van der Waals surface area contributed by atoms with E-state index in [-0.39, 0.29) is 20.1 Å². The zero-order chi connectivity index (χ0) is 20.7. The quantitative estimate of drug-likeness (QED) is 0.236. The Morgan fingerprint density at radius 2 is 1.68 bits per heavy atom. The number of benzene rings is 3. The van der Waals surface area contributed by atoms with Crippen LogP contribution in [0.1, 0.15) is 30.8 Å². The van der Waals surface area contributed by atoms with Gasteiger partial charge in [0, 0.05) is 42.9 Å². The molecule has 0 amide bonds. The van der Waals surface area contributed by atoms with Gasteiger partial charge < -0.3 is 4.57 Å². The van der Waals surface area contributed by atoms with Gasteiger partial charge in [0.05, 0.1) is 17.6 Å². The number of aromatic nitrogens is 3. The van der Waals surface area contributed by atoms with Crippen LogP contribution < -0.4 is 0 Å². The van der Waals surface area contributed by atoms with Crippen LogP contribution in [0, 0.1) is 6.07 Å². The van der Waals surface area contributed by atoms with Crippen molar-refractivity contribution >= 4 is 21.8 Å². The minimum absolute atomic E-state index is 0. The molecule has 0 fully saturated rings. The van der Waals surface area contributed by atoms with Gasteiger partial charge in [0.1, 0.15) is 6.67 Å². The SMILES string of the molecule is CC(C)(c1cncc(CF)n1)c1[c-]ccc2c1c1ccccc1n2-c1ccccc1.[Ir]. The second kappa shape index (κ2) is 8.33. The molecule has 0 unspecified atom stereocenters. The minimum atomic E-state index is -0.627. The Bertz CT molecular complexity index is 1360. The first kappa shape index (κ1) is 21.4. The maximum Gasteiger partial charge on any atom is 0.133 e. The summed E-state index contributed by atoms with van der Waals surface area (Å²) in [6, 6.07) is 26.3. The summed E-state index contributed by atoms with van der Waals surface area (Å²) in [5, 5.41) is 2.29. The van der Waals surface area contributed by atoms with E-state index in [1.807, 2.05) is 24.3 Å². The van der Waals surface area contributed by atoms with Crippen molar-refractivity contribution in [2.45, 2.75) is 25.9 Å². The zero-order valence-corrected chi connectivity index (χ0v) is 19.7. The third-order valence-electron chi connectivity index (χ3n) is 5.73. The van der Waals surface area contributed by atoms with Gasteiger partial charge in [-0.3, -0.25) is 9.97 Å². The number of hydrogen-bond donors (Lipinski definition) is 0. The fraction of sp³-hybridized carbons (Fsp3) is 0.154. The fourth-order valence-corrected chi connectivity index (χ4v) is 4.20. The normalized spacial score (nSPS) is 11.6. The minimum Gasteiger partial charge on any atom is -0.334 e. The maximum atomic E-state index is 13.2. The van der Waals surface area contributed by atoms with Crippen molar-refractivity contribution in [1.29, 1.82) is 0 Å². The standard InChI is InChI=1S/C26H21FN3.Ir/c1-26(2,24-17-28-16-18(15-27)29-24)21-12-8-14-23-25(21)20-11-6-7-13-22(20)30(23)19-9-4-3-5-10-19;/h3-11,13-14,16-17H,15H2,1-2H3;/q-1;. The van der Waals surface area contributed by atoms with Crippen LogP contribution in [0.2, 0.25) is 0 Å². The molecule has 5 heteroatoms. The fourth-order valence-electron chi connectivity index (χ4n) is 4.20. The first-order valence-corrected chi connectivity index (χ1v) is 9.98. The molecule has 3 aromatic carbocycles. The molecule has 2 heterocycles. The van der Waals surface area contributed by atoms with Gasteiger partial charge >= 0.3 is 0 Å². The van der Waals surface area contributed by atoms with Crippen LogP contribution in [0.3, 0.4) is 0 Å². The summed E-state index contributed by atoms with van der Waals surface area (Å²) in [7, 11) is 0. The first-order chi connectivity index (χ1) is 14.6. The maximum absolute atomic E-state index is 13.2.